The third-order valence-corrected chi connectivity index (χ3v) is 4.06. The number of hydrogen-bond donors (Lipinski definition) is 1. The number of halogens is 2. The summed E-state index contributed by atoms with van der Waals surface area (Å²) >= 11 is 5.94. The summed E-state index contributed by atoms with van der Waals surface area (Å²) < 4.78 is 13.3. The molecule has 1 aromatic rings. The summed E-state index contributed by atoms with van der Waals surface area (Å²) in [5, 5.41) is 10.2. The Bertz CT molecular complexity index is 380. The third-order valence-electron chi connectivity index (χ3n) is 3.63. The Balaban J connectivity index is 2.10. The maximum absolute atomic E-state index is 13.3. The normalized spacial score (nSPS) is 25.6. The minimum absolute atomic E-state index is 0.212. The molecule has 0 aliphatic heterocycles. The van der Waals surface area contributed by atoms with Crippen molar-refractivity contribution in [3.8, 4) is 0 Å². The van der Waals surface area contributed by atoms with Crippen LogP contribution in [-0.4, -0.2) is 11.2 Å². The Morgan fingerprint density at radius 2 is 2.00 bits per heavy atom. The SMILES string of the molecule is OC1CCCCCC1Cc1cccc(F)c1Cl. The van der Waals surface area contributed by atoms with Crippen LogP contribution in [0.5, 0.6) is 0 Å². The second-order valence-corrected chi connectivity index (χ2v) is 5.26. The zero-order chi connectivity index (χ0) is 12.3. The first-order valence-electron chi connectivity index (χ1n) is 6.29. The Hall–Kier alpha value is -0.600. The van der Waals surface area contributed by atoms with Gasteiger partial charge in [-0.25, -0.2) is 4.39 Å². The summed E-state index contributed by atoms with van der Waals surface area (Å²) in [6.45, 7) is 0. The molecule has 0 heterocycles. The van der Waals surface area contributed by atoms with E-state index in [1.165, 1.54) is 12.5 Å². The van der Waals surface area contributed by atoms with Crippen LogP contribution in [-0.2, 0) is 6.42 Å². The molecule has 0 aromatic heterocycles. The first kappa shape index (κ1) is 12.8. The average molecular weight is 257 g/mol. The molecule has 1 aliphatic carbocycles. The molecule has 1 aromatic carbocycles. The van der Waals surface area contributed by atoms with Gasteiger partial charge in [-0.1, -0.05) is 43.0 Å². The molecule has 1 nitrogen and oxygen atoms in total. The van der Waals surface area contributed by atoms with Gasteiger partial charge in [-0.15, -0.1) is 0 Å². The molecule has 2 rings (SSSR count). The molecule has 0 radical (unpaired) electrons. The van der Waals surface area contributed by atoms with Gasteiger partial charge in [0.1, 0.15) is 5.82 Å². The predicted octanol–water partition coefficient (Wildman–Crippen LogP) is 3.96. The number of benzene rings is 1. The van der Waals surface area contributed by atoms with Crippen molar-refractivity contribution in [1.29, 1.82) is 0 Å². The van der Waals surface area contributed by atoms with Gasteiger partial charge in [0.05, 0.1) is 11.1 Å². The standard InChI is InChI=1S/C14H18ClFO/c15-14-11(6-4-7-12(14)16)9-10-5-2-1-3-8-13(10)17/h4,6-7,10,13,17H,1-3,5,8-9H2. The first-order valence-corrected chi connectivity index (χ1v) is 6.67. The van der Waals surface area contributed by atoms with E-state index in [2.05, 4.69) is 0 Å². The van der Waals surface area contributed by atoms with E-state index in [0.29, 0.717) is 6.42 Å². The molecule has 1 fully saturated rings. The van der Waals surface area contributed by atoms with Crippen LogP contribution in [0, 0.1) is 11.7 Å². The van der Waals surface area contributed by atoms with Crippen molar-refractivity contribution in [3.05, 3.63) is 34.6 Å². The van der Waals surface area contributed by atoms with Crippen LogP contribution in [0.15, 0.2) is 18.2 Å². The van der Waals surface area contributed by atoms with E-state index in [1.54, 1.807) is 6.07 Å². The van der Waals surface area contributed by atoms with Gasteiger partial charge in [0.15, 0.2) is 0 Å². The maximum atomic E-state index is 13.3. The van der Waals surface area contributed by atoms with E-state index in [0.717, 1.165) is 31.2 Å². The fourth-order valence-corrected chi connectivity index (χ4v) is 2.79. The largest absolute Gasteiger partial charge is 0.393 e. The Kier molecular flexibility index (Phi) is 4.41. The number of aliphatic hydroxyl groups excluding tert-OH is 1. The van der Waals surface area contributed by atoms with E-state index in [-0.39, 0.29) is 22.9 Å². The van der Waals surface area contributed by atoms with Crippen LogP contribution < -0.4 is 0 Å². The summed E-state index contributed by atoms with van der Waals surface area (Å²) in [4.78, 5) is 0. The highest BCUT2D eigenvalue weighted by molar-refractivity contribution is 6.31. The summed E-state index contributed by atoms with van der Waals surface area (Å²) in [6.07, 6.45) is 5.70. The van der Waals surface area contributed by atoms with Crippen LogP contribution in [0.2, 0.25) is 5.02 Å². The van der Waals surface area contributed by atoms with Crippen LogP contribution in [0.25, 0.3) is 0 Å². The van der Waals surface area contributed by atoms with Gasteiger partial charge < -0.3 is 5.11 Å². The molecule has 0 bridgehead atoms. The van der Waals surface area contributed by atoms with Crippen molar-refractivity contribution >= 4 is 11.6 Å². The molecule has 17 heavy (non-hydrogen) atoms. The molecule has 1 aliphatic rings. The zero-order valence-corrected chi connectivity index (χ0v) is 10.6. The highest BCUT2D eigenvalue weighted by atomic mass is 35.5. The van der Waals surface area contributed by atoms with Crippen molar-refractivity contribution < 1.29 is 9.50 Å². The zero-order valence-electron chi connectivity index (χ0n) is 9.83. The molecule has 0 spiro atoms. The second-order valence-electron chi connectivity index (χ2n) is 4.88. The minimum Gasteiger partial charge on any atom is -0.393 e. The maximum Gasteiger partial charge on any atom is 0.142 e. The lowest BCUT2D eigenvalue weighted by Gasteiger charge is -2.20. The fourth-order valence-electron chi connectivity index (χ4n) is 2.59. The van der Waals surface area contributed by atoms with Gasteiger partial charge in [0.25, 0.3) is 0 Å². The van der Waals surface area contributed by atoms with Gasteiger partial charge in [-0.05, 0) is 36.8 Å². The topological polar surface area (TPSA) is 20.2 Å². The van der Waals surface area contributed by atoms with Crippen molar-refractivity contribution in [2.75, 3.05) is 0 Å². The lowest BCUT2D eigenvalue weighted by Crippen LogP contribution is -2.21. The van der Waals surface area contributed by atoms with E-state index >= 15 is 0 Å². The molecule has 3 heteroatoms. The summed E-state index contributed by atoms with van der Waals surface area (Å²) in [6, 6.07) is 4.90. The van der Waals surface area contributed by atoms with E-state index < -0.39 is 0 Å². The molecule has 2 atom stereocenters. The smallest absolute Gasteiger partial charge is 0.142 e. The van der Waals surface area contributed by atoms with Crippen molar-refractivity contribution in [1.82, 2.24) is 0 Å². The van der Waals surface area contributed by atoms with Crippen LogP contribution >= 0.6 is 11.6 Å². The van der Waals surface area contributed by atoms with Gasteiger partial charge in [0, 0.05) is 0 Å². The third kappa shape index (κ3) is 3.20. The number of hydrogen-bond acceptors (Lipinski definition) is 1. The quantitative estimate of drug-likeness (QED) is 0.794. The van der Waals surface area contributed by atoms with Crippen molar-refractivity contribution in [2.24, 2.45) is 5.92 Å². The second kappa shape index (κ2) is 5.83. The van der Waals surface area contributed by atoms with Crippen molar-refractivity contribution in [3.63, 3.8) is 0 Å². The number of rotatable bonds is 2. The van der Waals surface area contributed by atoms with E-state index in [9.17, 15) is 9.50 Å². The molecular formula is C14H18ClFO. The molecule has 94 valence electrons. The highest BCUT2D eigenvalue weighted by Crippen LogP contribution is 2.29. The molecule has 0 amide bonds. The van der Waals surface area contributed by atoms with Gasteiger partial charge in [0.2, 0.25) is 0 Å². The van der Waals surface area contributed by atoms with Gasteiger partial charge >= 0.3 is 0 Å². The van der Waals surface area contributed by atoms with Crippen LogP contribution in [0.1, 0.15) is 37.7 Å². The van der Waals surface area contributed by atoms with Gasteiger partial charge in [-0.3, -0.25) is 0 Å². The lowest BCUT2D eigenvalue weighted by atomic mass is 9.90. The molecular weight excluding hydrogens is 239 g/mol. The van der Waals surface area contributed by atoms with Crippen LogP contribution in [0.4, 0.5) is 4.39 Å². The summed E-state index contributed by atoms with van der Waals surface area (Å²) in [7, 11) is 0. The van der Waals surface area contributed by atoms with Crippen LogP contribution in [0.3, 0.4) is 0 Å². The fraction of sp³-hybridized carbons (Fsp3) is 0.571. The molecule has 1 N–H and O–H groups in total. The first-order chi connectivity index (χ1) is 8.18. The van der Waals surface area contributed by atoms with Crippen molar-refractivity contribution in [2.45, 2.75) is 44.6 Å². The monoisotopic (exact) mass is 256 g/mol. The molecule has 1 saturated carbocycles. The Morgan fingerprint density at radius 1 is 1.24 bits per heavy atom. The molecule has 2 unspecified atom stereocenters. The Morgan fingerprint density at radius 3 is 2.82 bits per heavy atom. The summed E-state index contributed by atoms with van der Waals surface area (Å²) in [5.41, 5.74) is 0.817. The molecule has 0 saturated heterocycles. The van der Waals surface area contributed by atoms with E-state index in [1.807, 2.05) is 6.07 Å². The van der Waals surface area contributed by atoms with Gasteiger partial charge in [-0.2, -0.15) is 0 Å². The minimum atomic E-state index is -0.368. The number of aliphatic hydroxyl groups is 1. The Labute approximate surface area is 107 Å². The summed E-state index contributed by atoms with van der Waals surface area (Å²) in [5.74, 6) is -0.149. The van der Waals surface area contributed by atoms with E-state index in [4.69, 9.17) is 11.6 Å². The lowest BCUT2D eigenvalue weighted by molar-refractivity contribution is 0.101. The highest BCUT2D eigenvalue weighted by Gasteiger charge is 2.23. The average Bonchev–Trinajstić information content (AvgIpc) is 2.51. The predicted molar refractivity (Wildman–Crippen MR) is 67.7 cm³/mol.